The molecule has 5 nitrogen and oxygen atoms in total. The molecule has 0 spiro atoms. The Bertz CT molecular complexity index is 717. The van der Waals surface area contributed by atoms with Crippen molar-refractivity contribution in [2.75, 3.05) is 0 Å². The van der Waals surface area contributed by atoms with Gasteiger partial charge in [-0.3, -0.25) is 0 Å². The third-order valence-electron chi connectivity index (χ3n) is 2.96. The SMILES string of the molecule is Cc1c(OS(=O)(=O)F)c(C)c([B-](F)(F)F)c(C)c1C(=O)O.[K+]. The fourth-order valence-corrected chi connectivity index (χ4v) is 2.70. The Balaban J connectivity index is 0.00000441. The van der Waals surface area contributed by atoms with Crippen molar-refractivity contribution >= 4 is 28.9 Å². The predicted molar refractivity (Wildman–Crippen MR) is 67.0 cm³/mol. The number of hydrogen-bond donors (Lipinski definition) is 1. The first-order valence-corrected chi connectivity index (χ1v) is 6.79. The molecule has 0 aromatic heterocycles. The van der Waals surface area contributed by atoms with E-state index >= 15 is 0 Å². The van der Waals surface area contributed by atoms with Crippen LogP contribution in [0, 0.1) is 20.8 Å². The summed E-state index contributed by atoms with van der Waals surface area (Å²) in [6.07, 6.45) is 0. The van der Waals surface area contributed by atoms with E-state index in [0.29, 0.717) is 0 Å². The largest absolute Gasteiger partial charge is 1.00 e. The normalized spacial score (nSPS) is 11.8. The molecule has 0 aliphatic carbocycles. The van der Waals surface area contributed by atoms with Crippen molar-refractivity contribution in [1.29, 1.82) is 0 Å². The van der Waals surface area contributed by atoms with Crippen LogP contribution in [0.1, 0.15) is 27.0 Å². The zero-order valence-electron chi connectivity index (χ0n) is 12.1. The summed E-state index contributed by atoms with van der Waals surface area (Å²) in [5.41, 5.74) is -3.73. The Morgan fingerprint density at radius 2 is 1.55 bits per heavy atom. The third kappa shape index (κ3) is 4.68. The van der Waals surface area contributed by atoms with Gasteiger partial charge in [-0.15, -0.1) is 0 Å². The van der Waals surface area contributed by atoms with Gasteiger partial charge >= 0.3 is 74.8 Å². The second kappa shape index (κ2) is 7.18. The smallest absolute Gasteiger partial charge is 0.478 e. The first kappa shape index (κ1) is 21.9. The summed E-state index contributed by atoms with van der Waals surface area (Å²) < 4.78 is 76.8. The second-order valence-corrected chi connectivity index (χ2v) is 5.30. The summed E-state index contributed by atoms with van der Waals surface area (Å²) in [5.74, 6) is -2.66. The molecule has 22 heavy (non-hydrogen) atoms. The van der Waals surface area contributed by atoms with Crippen molar-refractivity contribution in [3.8, 4) is 5.75 Å². The van der Waals surface area contributed by atoms with Gasteiger partial charge in [0.15, 0.2) is 0 Å². The van der Waals surface area contributed by atoms with Gasteiger partial charge in [-0.1, -0.05) is 14.9 Å². The van der Waals surface area contributed by atoms with Gasteiger partial charge in [-0.25, -0.2) is 4.79 Å². The average molecular weight is 368 g/mol. The minimum absolute atomic E-state index is 0. The summed E-state index contributed by atoms with van der Waals surface area (Å²) in [7, 11) is -5.59. The molecule has 1 rings (SSSR count). The molecular formula is C10H10BF4KO5S. The Hall–Kier alpha value is -0.139. The fraction of sp³-hybridized carbons (Fsp3) is 0.300. The van der Waals surface area contributed by atoms with E-state index in [1.807, 2.05) is 0 Å². The number of rotatable bonds is 4. The van der Waals surface area contributed by atoms with Gasteiger partial charge in [0.1, 0.15) is 5.75 Å². The van der Waals surface area contributed by atoms with Crippen LogP contribution in [0.5, 0.6) is 5.75 Å². The molecule has 1 N–H and O–H groups in total. The number of carboxylic acid groups (broad SMARTS) is 1. The van der Waals surface area contributed by atoms with Gasteiger partial charge in [0.2, 0.25) is 0 Å². The van der Waals surface area contributed by atoms with E-state index < -0.39 is 56.9 Å². The molecule has 1 aromatic carbocycles. The number of hydrogen-bond acceptors (Lipinski definition) is 4. The molecule has 0 unspecified atom stereocenters. The van der Waals surface area contributed by atoms with Crippen molar-refractivity contribution in [1.82, 2.24) is 0 Å². The Kier molecular flexibility index (Phi) is 7.13. The van der Waals surface area contributed by atoms with Crippen molar-refractivity contribution in [3.63, 3.8) is 0 Å². The molecule has 0 fully saturated rings. The molecule has 0 amide bonds. The summed E-state index contributed by atoms with van der Waals surface area (Å²) in [4.78, 5) is 11.1. The van der Waals surface area contributed by atoms with Crippen LogP contribution in [-0.2, 0) is 10.5 Å². The standard InChI is InChI=1S/C10H10BF4O5S.K/c1-4-7(10(16)17)5(2)9(20-21(15,18)19)6(3)8(4)11(12,13)14;/h1-3H3,(H,16,17);/q-1;+1. The van der Waals surface area contributed by atoms with Gasteiger partial charge in [0.25, 0.3) is 0 Å². The van der Waals surface area contributed by atoms with E-state index in [-0.39, 0.29) is 51.4 Å². The Morgan fingerprint density at radius 3 is 1.86 bits per heavy atom. The molecular weight excluding hydrogens is 358 g/mol. The van der Waals surface area contributed by atoms with Crippen molar-refractivity contribution in [2.45, 2.75) is 20.8 Å². The summed E-state index contributed by atoms with van der Waals surface area (Å²) in [6, 6.07) is 0. The number of carboxylic acids is 1. The zero-order valence-corrected chi connectivity index (χ0v) is 16.0. The monoisotopic (exact) mass is 368 g/mol. The summed E-state index contributed by atoms with van der Waals surface area (Å²) in [5, 5.41) is 8.99. The van der Waals surface area contributed by atoms with Crippen LogP contribution < -0.4 is 61.0 Å². The number of halogens is 4. The molecule has 0 saturated heterocycles. The summed E-state index contributed by atoms with van der Waals surface area (Å²) in [6.45, 7) is -2.77. The van der Waals surface area contributed by atoms with Crippen LogP contribution in [-0.4, -0.2) is 26.5 Å². The fourth-order valence-electron chi connectivity index (χ4n) is 2.25. The third-order valence-corrected chi connectivity index (χ3v) is 3.33. The van der Waals surface area contributed by atoms with Gasteiger partial charge < -0.3 is 22.2 Å². The number of carbonyl (C=O) groups is 1. The van der Waals surface area contributed by atoms with Crippen molar-refractivity contribution < 1.29 is 90.7 Å². The van der Waals surface area contributed by atoms with Crippen LogP contribution in [0.15, 0.2) is 0 Å². The molecule has 1 aromatic rings. The molecule has 0 aliphatic heterocycles. The Labute approximate surface area is 166 Å². The van der Waals surface area contributed by atoms with Crippen LogP contribution >= 0.6 is 0 Å². The van der Waals surface area contributed by atoms with Crippen molar-refractivity contribution in [2.24, 2.45) is 0 Å². The quantitative estimate of drug-likeness (QED) is 0.417. The van der Waals surface area contributed by atoms with Crippen LogP contribution in [0.3, 0.4) is 0 Å². The average Bonchev–Trinajstić information content (AvgIpc) is 2.20. The molecule has 0 saturated carbocycles. The van der Waals surface area contributed by atoms with E-state index in [4.69, 9.17) is 5.11 Å². The minimum Gasteiger partial charge on any atom is -0.478 e. The van der Waals surface area contributed by atoms with Crippen LogP contribution in [0.2, 0.25) is 0 Å². The van der Waals surface area contributed by atoms with Gasteiger partial charge in [-0.05, 0) is 26.3 Å². The van der Waals surface area contributed by atoms with Crippen LogP contribution in [0.25, 0.3) is 0 Å². The van der Waals surface area contributed by atoms with Gasteiger partial charge in [-0.2, -0.15) is 8.42 Å². The van der Waals surface area contributed by atoms with E-state index in [9.17, 15) is 30.0 Å². The molecule has 0 atom stereocenters. The van der Waals surface area contributed by atoms with Gasteiger partial charge in [0, 0.05) is 5.56 Å². The number of benzene rings is 1. The molecule has 118 valence electrons. The van der Waals surface area contributed by atoms with Gasteiger partial charge in [0.05, 0.1) is 5.56 Å². The molecule has 0 radical (unpaired) electrons. The molecule has 0 bridgehead atoms. The zero-order chi connectivity index (χ0) is 16.7. The topological polar surface area (TPSA) is 80.7 Å². The molecule has 12 heteroatoms. The van der Waals surface area contributed by atoms with E-state index in [2.05, 4.69) is 4.18 Å². The van der Waals surface area contributed by atoms with E-state index in [1.165, 1.54) is 0 Å². The minimum atomic E-state index is -5.65. The molecule has 0 heterocycles. The van der Waals surface area contributed by atoms with E-state index in [1.54, 1.807) is 0 Å². The maximum Gasteiger partial charge on any atom is 1.00 e. The van der Waals surface area contributed by atoms with E-state index in [0.717, 1.165) is 20.8 Å². The maximum atomic E-state index is 13.1. The van der Waals surface area contributed by atoms with Crippen LogP contribution in [0.4, 0.5) is 16.8 Å². The first-order chi connectivity index (χ1) is 9.27. The molecule has 0 aliphatic rings. The van der Waals surface area contributed by atoms with Crippen molar-refractivity contribution in [3.05, 3.63) is 22.3 Å². The maximum absolute atomic E-state index is 13.1. The first-order valence-electron chi connectivity index (χ1n) is 5.48. The predicted octanol–water partition coefficient (Wildman–Crippen LogP) is -1.04. The Morgan fingerprint density at radius 1 is 1.09 bits per heavy atom. The summed E-state index contributed by atoms with van der Waals surface area (Å²) >= 11 is 0. The number of aromatic carboxylic acids is 1. The second-order valence-electron chi connectivity index (χ2n) is 4.35.